The van der Waals surface area contributed by atoms with E-state index in [1.807, 2.05) is 0 Å². The number of sulfonamides is 1. The molecular formula is C26H25N3O7S2. The molecule has 10 nitrogen and oxygen atoms in total. The van der Waals surface area contributed by atoms with Crippen molar-refractivity contribution < 1.29 is 32.2 Å². The Hall–Kier alpha value is -4.16. The molecule has 0 unspecified atom stereocenters. The van der Waals surface area contributed by atoms with Crippen LogP contribution in [0.1, 0.15) is 10.4 Å². The van der Waals surface area contributed by atoms with Gasteiger partial charge in [0.05, 0.1) is 42.1 Å². The molecule has 1 amide bonds. The molecule has 38 heavy (non-hydrogen) atoms. The zero-order valence-electron chi connectivity index (χ0n) is 21.1. The van der Waals surface area contributed by atoms with Gasteiger partial charge in [-0.15, -0.1) is 0 Å². The second kappa shape index (κ2) is 11.1. The van der Waals surface area contributed by atoms with Gasteiger partial charge < -0.3 is 18.8 Å². The maximum Gasteiger partial charge on any atom is 0.325 e. The Balaban J connectivity index is 1.71. The van der Waals surface area contributed by atoms with Gasteiger partial charge in [-0.3, -0.25) is 13.9 Å². The number of para-hydroxylation sites is 1. The summed E-state index contributed by atoms with van der Waals surface area (Å²) in [5.41, 5.74) is 1.30. The molecule has 0 N–H and O–H groups in total. The molecule has 3 aromatic carbocycles. The Morgan fingerprint density at radius 2 is 1.58 bits per heavy atom. The quantitative estimate of drug-likeness (QED) is 0.306. The lowest BCUT2D eigenvalue weighted by Crippen LogP contribution is -2.26. The minimum absolute atomic E-state index is 0.0298. The highest BCUT2D eigenvalue weighted by Gasteiger charge is 2.22. The van der Waals surface area contributed by atoms with Gasteiger partial charge in [-0.25, -0.2) is 8.42 Å². The minimum Gasteiger partial charge on any atom is -0.493 e. The first-order valence-electron chi connectivity index (χ1n) is 11.2. The van der Waals surface area contributed by atoms with Crippen molar-refractivity contribution in [2.45, 2.75) is 11.4 Å². The summed E-state index contributed by atoms with van der Waals surface area (Å²) in [6, 6.07) is 17.6. The predicted molar refractivity (Wildman–Crippen MR) is 143 cm³/mol. The molecule has 1 heterocycles. The number of methoxy groups -OCH3 is 3. The molecule has 12 heteroatoms. The number of nitrogens with zero attached hydrogens (tertiary/aromatic N) is 3. The Morgan fingerprint density at radius 1 is 0.947 bits per heavy atom. The maximum absolute atomic E-state index is 13.1. The van der Waals surface area contributed by atoms with Crippen molar-refractivity contribution in [3.63, 3.8) is 0 Å². The zero-order valence-corrected chi connectivity index (χ0v) is 22.7. The number of rotatable bonds is 8. The number of esters is 1. The molecule has 4 rings (SSSR count). The van der Waals surface area contributed by atoms with Crippen molar-refractivity contribution in [2.24, 2.45) is 4.99 Å². The van der Waals surface area contributed by atoms with Crippen molar-refractivity contribution in [1.29, 1.82) is 0 Å². The van der Waals surface area contributed by atoms with Gasteiger partial charge >= 0.3 is 5.97 Å². The number of ether oxygens (including phenoxy) is 3. The summed E-state index contributed by atoms with van der Waals surface area (Å²) in [6.07, 6.45) is 0. The summed E-state index contributed by atoms with van der Waals surface area (Å²) < 4.78 is 45.1. The summed E-state index contributed by atoms with van der Waals surface area (Å²) in [7, 11) is 1.91. The molecule has 0 aliphatic rings. The minimum atomic E-state index is -3.83. The molecule has 0 aliphatic carbocycles. The van der Waals surface area contributed by atoms with E-state index in [1.165, 1.54) is 68.3 Å². The van der Waals surface area contributed by atoms with Crippen LogP contribution in [0, 0.1) is 0 Å². The van der Waals surface area contributed by atoms with Gasteiger partial charge in [-0.05, 0) is 36.4 Å². The van der Waals surface area contributed by atoms with E-state index in [4.69, 9.17) is 14.2 Å². The van der Waals surface area contributed by atoms with Crippen LogP contribution in [0.2, 0.25) is 0 Å². The standard InChI is InChI=1S/C26H25N3O7S2/c1-28(18-8-6-5-7-9-18)38(32,33)19-12-10-17(11-13-19)25(31)27-26-29(16-24(30)36-4)20-14-21(34-2)22(35-3)15-23(20)37-26/h5-15H,16H2,1-4H3. The van der Waals surface area contributed by atoms with Crippen LogP contribution in [0.3, 0.4) is 0 Å². The second-order valence-electron chi connectivity index (χ2n) is 7.97. The number of aromatic nitrogens is 1. The Morgan fingerprint density at radius 3 is 2.18 bits per heavy atom. The molecule has 4 aromatic rings. The van der Waals surface area contributed by atoms with Gasteiger partial charge in [-0.1, -0.05) is 29.5 Å². The van der Waals surface area contributed by atoms with Crippen LogP contribution in [-0.4, -0.2) is 53.2 Å². The SMILES string of the molecule is COC(=O)Cn1c(=NC(=O)c2ccc(S(=O)(=O)N(C)c3ccccc3)cc2)sc2cc(OC)c(OC)cc21. The van der Waals surface area contributed by atoms with Crippen LogP contribution in [0.15, 0.2) is 76.6 Å². The highest BCUT2D eigenvalue weighted by atomic mass is 32.2. The van der Waals surface area contributed by atoms with Gasteiger partial charge in [0.1, 0.15) is 6.54 Å². The summed E-state index contributed by atoms with van der Waals surface area (Å²) in [4.78, 5) is 29.7. The van der Waals surface area contributed by atoms with Crippen LogP contribution in [0.4, 0.5) is 5.69 Å². The van der Waals surface area contributed by atoms with E-state index in [9.17, 15) is 18.0 Å². The molecule has 0 spiro atoms. The van der Waals surface area contributed by atoms with Gasteiger partial charge in [0, 0.05) is 24.7 Å². The molecule has 1 aromatic heterocycles. The largest absolute Gasteiger partial charge is 0.493 e. The fraction of sp³-hybridized carbons (Fsp3) is 0.192. The molecule has 0 bridgehead atoms. The van der Waals surface area contributed by atoms with E-state index in [0.717, 1.165) is 0 Å². The van der Waals surface area contributed by atoms with Crippen LogP contribution >= 0.6 is 11.3 Å². The van der Waals surface area contributed by atoms with E-state index < -0.39 is 21.9 Å². The number of amides is 1. The highest BCUT2D eigenvalue weighted by molar-refractivity contribution is 7.92. The summed E-state index contributed by atoms with van der Waals surface area (Å²) >= 11 is 1.19. The van der Waals surface area contributed by atoms with E-state index >= 15 is 0 Å². The van der Waals surface area contributed by atoms with Crippen LogP contribution in [0.5, 0.6) is 11.5 Å². The first kappa shape index (κ1) is 26.9. The first-order chi connectivity index (χ1) is 18.2. The van der Waals surface area contributed by atoms with Crippen molar-refractivity contribution >= 4 is 49.1 Å². The third kappa shape index (κ3) is 5.27. The third-order valence-corrected chi connectivity index (χ3v) is 8.62. The lowest BCUT2D eigenvalue weighted by molar-refractivity contribution is -0.141. The normalized spacial score (nSPS) is 11.8. The van der Waals surface area contributed by atoms with Gasteiger partial charge in [0.15, 0.2) is 16.3 Å². The van der Waals surface area contributed by atoms with E-state index in [0.29, 0.717) is 27.4 Å². The Bertz CT molecular complexity index is 1660. The molecule has 0 radical (unpaired) electrons. The fourth-order valence-corrected chi connectivity index (χ4v) is 5.92. The number of thiazole rings is 1. The van der Waals surface area contributed by atoms with Gasteiger partial charge in [-0.2, -0.15) is 4.99 Å². The molecule has 0 aliphatic heterocycles. The van der Waals surface area contributed by atoms with E-state index in [1.54, 1.807) is 47.0 Å². The lowest BCUT2D eigenvalue weighted by atomic mass is 10.2. The van der Waals surface area contributed by atoms with Crippen molar-refractivity contribution in [3.8, 4) is 11.5 Å². The highest BCUT2D eigenvalue weighted by Crippen LogP contribution is 2.33. The second-order valence-corrected chi connectivity index (χ2v) is 10.9. The zero-order chi connectivity index (χ0) is 27.4. The van der Waals surface area contributed by atoms with Gasteiger partial charge in [0.25, 0.3) is 15.9 Å². The number of benzene rings is 3. The van der Waals surface area contributed by atoms with E-state index in [2.05, 4.69) is 4.99 Å². The molecule has 0 atom stereocenters. The number of carbonyl (C=O) groups excluding carboxylic acids is 2. The molecular weight excluding hydrogens is 530 g/mol. The number of carbonyl (C=O) groups is 2. The summed E-state index contributed by atoms with van der Waals surface area (Å²) in [5, 5.41) is 0. The Kier molecular flexibility index (Phi) is 7.83. The lowest BCUT2D eigenvalue weighted by Gasteiger charge is -2.19. The fourth-order valence-electron chi connectivity index (χ4n) is 3.68. The smallest absolute Gasteiger partial charge is 0.325 e. The average molecular weight is 556 g/mol. The number of hydrogen-bond donors (Lipinski definition) is 0. The molecule has 0 saturated heterocycles. The van der Waals surface area contributed by atoms with Crippen LogP contribution in [-0.2, 0) is 26.1 Å². The van der Waals surface area contributed by atoms with Crippen molar-refractivity contribution in [2.75, 3.05) is 32.7 Å². The van der Waals surface area contributed by atoms with Crippen molar-refractivity contribution in [3.05, 3.63) is 77.1 Å². The van der Waals surface area contributed by atoms with Gasteiger partial charge in [0.2, 0.25) is 0 Å². The van der Waals surface area contributed by atoms with Crippen LogP contribution < -0.4 is 18.6 Å². The third-order valence-electron chi connectivity index (χ3n) is 5.78. The molecule has 0 saturated carbocycles. The number of hydrogen-bond acceptors (Lipinski definition) is 8. The number of anilines is 1. The molecule has 0 fully saturated rings. The first-order valence-corrected chi connectivity index (χ1v) is 13.5. The summed E-state index contributed by atoms with van der Waals surface area (Å²) in [6.45, 7) is -0.179. The average Bonchev–Trinajstić information content (AvgIpc) is 3.27. The topological polar surface area (TPSA) is 117 Å². The predicted octanol–water partition coefficient (Wildman–Crippen LogP) is 3.46. The Labute approximate surface area is 223 Å². The van der Waals surface area contributed by atoms with Crippen LogP contribution in [0.25, 0.3) is 10.2 Å². The monoisotopic (exact) mass is 555 g/mol. The number of fused-ring (bicyclic) bond motifs is 1. The molecule has 198 valence electrons. The van der Waals surface area contributed by atoms with Crippen molar-refractivity contribution in [1.82, 2.24) is 4.57 Å². The maximum atomic E-state index is 13.1. The van der Waals surface area contributed by atoms with E-state index in [-0.39, 0.29) is 21.8 Å². The summed E-state index contributed by atoms with van der Waals surface area (Å²) in [5.74, 6) is -0.187.